The standard InChI is InChI=1S/C17H23NO3/c1-2-21-17(20)14-11-9-13(10-12-14)16(19)18-15-7-5-3-4-6-8-15/h9-12,15H,2-8H2,1H3,(H,18,19). The van der Waals surface area contributed by atoms with E-state index in [1.807, 2.05) is 0 Å². The van der Waals surface area contributed by atoms with Crippen molar-refractivity contribution in [3.05, 3.63) is 35.4 Å². The summed E-state index contributed by atoms with van der Waals surface area (Å²) in [5.41, 5.74) is 1.06. The van der Waals surface area contributed by atoms with E-state index in [2.05, 4.69) is 5.32 Å². The average molecular weight is 289 g/mol. The van der Waals surface area contributed by atoms with Crippen molar-refractivity contribution in [2.75, 3.05) is 6.61 Å². The van der Waals surface area contributed by atoms with Crippen LogP contribution < -0.4 is 5.32 Å². The topological polar surface area (TPSA) is 55.4 Å². The Bertz CT molecular complexity index is 473. The highest BCUT2D eigenvalue weighted by atomic mass is 16.5. The highest BCUT2D eigenvalue weighted by Crippen LogP contribution is 2.17. The summed E-state index contributed by atoms with van der Waals surface area (Å²) in [7, 11) is 0. The van der Waals surface area contributed by atoms with Gasteiger partial charge in [0.25, 0.3) is 5.91 Å². The summed E-state index contributed by atoms with van der Waals surface area (Å²) in [6, 6.07) is 6.92. The molecule has 0 aliphatic heterocycles. The zero-order valence-electron chi connectivity index (χ0n) is 12.6. The number of carbonyl (C=O) groups is 2. The zero-order chi connectivity index (χ0) is 15.1. The van der Waals surface area contributed by atoms with Gasteiger partial charge in [-0.2, -0.15) is 0 Å². The minimum Gasteiger partial charge on any atom is -0.462 e. The monoisotopic (exact) mass is 289 g/mol. The molecular formula is C17H23NO3. The van der Waals surface area contributed by atoms with E-state index < -0.39 is 0 Å². The van der Waals surface area contributed by atoms with Gasteiger partial charge >= 0.3 is 5.97 Å². The van der Waals surface area contributed by atoms with Crippen LogP contribution in [-0.4, -0.2) is 24.5 Å². The van der Waals surface area contributed by atoms with Crippen molar-refractivity contribution in [1.29, 1.82) is 0 Å². The maximum absolute atomic E-state index is 12.2. The molecule has 1 aliphatic carbocycles. The summed E-state index contributed by atoms with van der Waals surface area (Å²) in [5.74, 6) is -0.412. The van der Waals surface area contributed by atoms with Gasteiger partial charge < -0.3 is 10.1 Å². The van der Waals surface area contributed by atoms with Gasteiger partial charge in [-0.1, -0.05) is 25.7 Å². The predicted octanol–water partition coefficient (Wildman–Crippen LogP) is 3.32. The van der Waals surface area contributed by atoms with Crippen molar-refractivity contribution in [1.82, 2.24) is 5.32 Å². The summed E-state index contributed by atoms with van der Waals surface area (Å²) < 4.78 is 4.92. The van der Waals surface area contributed by atoms with E-state index in [0.29, 0.717) is 17.7 Å². The van der Waals surface area contributed by atoms with Gasteiger partial charge in [-0.3, -0.25) is 4.79 Å². The first kappa shape index (κ1) is 15.5. The normalized spacial score (nSPS) is 16.0. The van der Waals surface area contributed by atoms with E-state index in [0.717, 1.165) is 12.8 Å². The van der Waals surface area contributed by atoms with Crippen LogP contribution in [0.4, 0.5) is 0 Å². The fourth-order valence-electron chi connectivity index (χ4n) is 2.66. The molecule has 1 aliphatic rings. The van der Waals surface area contributed by atoms with Gasteiger partial charge in [-0.05, 0) is 44.0 Å². The molecule has 0 bridgehead atoms. The lowest BCUT2D eigenvalue weighted by Gasteiger charge is -2.16. The average Bonchev–Trinajstić information content (AvgIpc) is 2.76. The van der Waals surface area contributed by atoms with Crippen molar-refractivity contribution in [3.63, 3.8) is 0 Å². The van der Waals surface area contributed by atoms with E-state index >= 15 is 0 Å². The molecule has 21 heavy (non-hydrogen) atoms. The quantitative estimate of drug-likeness (QED) is 0.683. The van der Waals surface area contributed by atoms with Crippen molar-refractivity contribution >= 4 is 11.9 Å². The van der Waals surface area contributed by atoms with Crippen LogP contribution in [0, 0.1) is 0 Å². The molecule has 0 radical (unpaired) electrons. The number of rotatable bonds is 4. The van der Waals surface area contributed by atoms with Gasteiger partial charge in [-0.25, -0.2) is 4.79 Å². The number of benzene rings is 1. The number of hydrogen-bond donors (Lipinski definition) is 1. The lowest BCUT2D eigenvalue weighted by Crippen LogP contribution is -2.34. The number of ether oxygens (including phenoxy) is 1. The maximum atomic E-state index is 12.2. The van der Waals surface area contributed by atoms with Crippen LogP contribution in [0.5, 0.6) is 0 Å². The van der Waals surface area contributed by atoms with Gasteiger partial charge in [0, 0.05) is 11.6 Å². The van der Waals surface area contributed by atoms with Crippen LogP contribution in [0.1, 0.15) is 66.2 Å². The molecule has 0 saturated heterocycles. The molecule has 1 saturated carbocycles. The second-order valence-electron chi connectivity index (χ2n) is 5.46. The minimum absolute atomic E-state index is 0.0580. The number of carbonyl (C=O) groups excluding carboxylic acids is 2. The fraction of sp³-hybridized carbons (Fsp3) is 0.529. The number of hydrogen-bond acceptors (Lipinski definition) is 3. The lowest BCUT2D eigenvalue weighted by atomic mass is 10.1. The molecule has 114 valence electrons. The van der Waals surface area contributed by atoms with Gasteiger partial charge in [0.05, 0.1) is 12.2 Å². The molecule has 0 unspecified atom stereocenters. The Morgan fingerprint density at radius 3 is 2.19 bits per heavy atom. The molecule has 1 fully saturated rings. The van der Waals surface area contributed by atoms with Crippen LogP contribution in [0.3, 0.4) is 0 Å². The van der Waals surface area contributed by atoms with Gasteiger partial charge in [0.15, 0.2) is 0 Å². The molecule has 0 spiro atoms. The van der Waals surface area contributed by atoms with E-state index in [1.54, 1.807) is 31.2 Å². The third-order valence-corrected chi connectivity index (χ3v) is 3.85. The third kappa shape index (κ3) is 4.59. The Hall–Kier alpha value is -1.84. The molecule has 0 aromatic heterocycles. The number of esters is 1. The largest absolute Gasteiger partial charge is 0.462 e. The first-order valence-corrected chi connectivity index (χ1v) is 7.78. The molecule has 1 aromatic rings. The summed E-state index contributed by atoms with van der Waals surface area (Å²) in [4.78, 5) is 23.8. The summed E-state index contributed by atoms with van der Waals surface area (Å²) in [5, 5.41) is 3.09. The summed E-state index contributed by atoms with van der Waals surface area (Å²) in [6.07, 6.45) is 7.03. The van der Waals surface area contributed by atoms with Crippen LogP contribution in [0.2, 0.25) is 0 Å². The number of nitrogens with one attached hydrogen (secondary N) is 1. The van der Waals surface area contributed by atoms with Gasteiger partial charge in [0.2, 0.25) is 0 Å². The first-order chi connectivity index (χ1) is 10.2. The van der Waals surface area contributed by atoms with Crippen LogP contribution in [0.15, 0.2) is 24.3 Å². The second kappa shape index (κ2) is 7.81. The Labute approximate surface area is 125 Å². The fourth-order valence-corrected chi connectivity index (χ4v) is 2.66. The van der Waals surface area contributed by atoms with E-state index in [1.165, 1.54) is 25.7 Å². The Morgan fingerprint density at radius 1 is 1.05 bits per heavy atom. The molecule has 1 N–H and O–H groups in total. The van der Waals surface area contributed by atoms with Crippen molar-refractivity contribution in [3.8, 4) is 0 Å². The van der Waals surface area contributed by atoms with Crippen molar-refractivity contribution in [2.45, 2.75) is 51.5 Å². The van der Waals surface area contributed by atoms with Gasteiger partial charge in [-0.15, -0.1) is 0 Å². The predicted molar refractivity (Wildman–Crippen MR) is 81.4 cm³/mol. The highest BCUT2D eigenvalue weighted by Gasteiger charge is 2.16. The SMILES string of the molecule is CCOC(=O)c1ccc(C(=O)NC2CCCCCC2)cc1. The Balaban J connectivity index is 1.94. The van der Waals surface area contributed by atoms with E-state index in [4.69, 9.17) is 4.74 Å². The summed E-state index contributed by atoms with van der Waals surface area (Å²) in [6.45, 7) is 2.12. The van der Waals surface area contributed by atoms with Crippen LogP contribution in [0.25, 0.3) is 0 Å². The Kier molecular flexibility index (Phi) is 5.78. The smallest absolute Gasteiger partial charge is 0.338 e. The molecule has 1 amide bonds. The molecule has 2 rings (SSSR count). The molecular weight excluding hydrogens is 266 g/mol. The second-order valence-corrected chi connectivity index (χ2v) is 5.46. The molecule has 1 aromatic carbocycles. The highest BCUT2D eigenvalue weighted by molar-refractivity contribution is 5.96. The molecule has 0 atom stereocenters. The summed E-state index contributed by atoms with van der Waals surface area (Å²) >= 11 is 0. The van der Waals surface area contributed by atoms with E-state index in [9.17, 15) is 9.59 Å². The third-order valence-electron chi connectivity index (χ3n) is 3.85. The molecule has 4 nitrogen and oxygen atoms in total. The minimum atomic E-state index is -0.353. The zero-order valence-corrected chi connectivity index (χ0v) is 12.6. The van der Waals surface area contributed by atoms with Crippen molar-refractivity contribution < 1.29 is 14.3 Å². The molecule has 4 heteroatoms. The number of amides is 1. The van der Waals surface area contributed by atoms with Crippen LogP contribution >= 0.6 is 0 Å². The van der Waals surface area contributed by atoms with Gasteiger partial charge in [0.1, 0.15) is 0 Å². The molecule has 0 heterocycles. The Morgan fingerprint density at radius 2 is 1.62 bits per heavy atom. The van der Waals surface area contributed by atoms with Crippen molar-refractivity contribution in [2.24, 2.45) is 0 Å². The first-order valence-electron chi connectivity index (χ1n) is 7.78. The lowest BCUT2D eigenvalue weighted by molar-refractivity contribution is 0.0526. The van der Waals surface area contributed by atoms with Crippen LogP contribution in [-0.2, 0) is 4.74 Å². The maximum Gasteiger partial charge on any atom is 0.338 e. The van der Waals surface area contributed by atoms with E-state index in [-0.39, 0.29) is 17.9 Å².